The molecule has 0 aliphatic carbocycles. The predicted octanol–water partition coefficient (Wildman–Crippen LogP) is 6.23. The quantitative estimate of drug-likeness (QED) is 0.298. The Labute approximate surface area is 205 Å². The lowest BCUT2D eigenvalue weighted by atomic mass is 9.94. The number of carboxylic acids is 1. The normalized spacial score (nSPS) is 11.7. The largest absolute Gasteiger partial charge is 0.478 e. The van der Waals surface area contributed by atoms with Crippen molar-refractivity contribution in [3.63, 3.8) is 0 Å². The number of aromatic carboxylic acids is 1. The highest BCUT2D eigenvalue weighted by Gasteiger charge is 2.20. The second-order valence-electron chi connectivity index (χ2n) is 7.89. The van der Waals surface area contributed by atoms with E-state index in [0.717, 1.165) is 38.0 Å². The van der Waals surface area contributed by atoms with Crippen molar-refractivity contribution in [1.29, 1.82) is 5.26 Å². The lowest BCUT2D eigenvalue weighted by Gasteiger charge is -2.19. The molecule has 6 nitrogen and oxygen atoms in total. The Bertz CT molecular complexity index is 1540. The van der Waals surface area contributed by atoms with Crippen LogP contribution in [-0.2, 0) is 11.3 Å². The van der Waals surface area contributed by atoms with Gasteiger partial charge in [0.15, 0.2) is 0 Å². The maximum Gasteiger partial charge on any atom is 0.335 e. The van der Waals surface area contributed by atoms with Gasteiger partial charge in [-0.05, 0) is 41.5 Å². The van der Waals surface area contributed by atoms with Crippen molar-refractivity contribution < 1.29 is 14.6 Å². The van der Waals surface area contributed by atoms with Crippen LogP contribution in [0.5, 0.6) is 0 Å². The summed E-state index contributed by atoms with van der Waals surface area (Å²) >= 11 is 1.49. The van der Waals surface area contributed by atoms with Crippen LogP contribution in [-0.4, -0.2) is 21.0 Å². The van der Waals surface area contributed by atoms with Gasteiger partial charge in [-0.25, -0.2) is 4.79 Å². The summed E-state index contributed by atoms with van der Waals surface area (Å²) < 4.78 is 6.34. The van der Waals surface area contributed by atoms with E-state index in [-0.39, 0.29) is 12.2 Å². The van der Waals surface area contributed by atoms with Gasteiger partial charge in [0.1, 0.15) is 6.10 Å². The molecule has 0 radical (unpaired) electrons. The zero-order valence-corrected chi connectivity index (χ0v) is 19.3. The summed E-state index contributed by atoms with van der Waals surface area (Å²) in [5.41, 5.74) is 6.79. The van der Waals surface area contributed by atoms with E-state index in [1.54, 1.807) is 42.2 Å². The van der Waals surface area contributed by atoms with Gasteiger partial charge in [0, 0.05) is 28.9 Å². The van der Waals surface area contributed by atoms with Gasteiger partial charge in [0.25, 0.3) is 0 Å². The fourth-order valence-corrected chi connectivity index (χ4v) is 4.68. The Morgan fingerprint density at radius 1 is 1.06 bits per heavy atom. The first kappa shape index (κ1) is 22.4. The Hall–Kier alpha value is -4.38. The van der Waals surface area contributed by atoms with Gasteiger partial charge in [-0.2, -0.15) is 5.26 Å². The molecular formula is C28H19N3O3S. The summed E-state index contributed by atoms with van der Waals surface area (Å²) in [5.74, 6) is -0.965. The van der Waals surface area contributed by atoms with E-state index in [1.165, 1.54) is 11.3 Å². The smallest absolute Gasteiger partial charge is 0.335 e. The summed E-state index contributed by atoms with van der Waals surface area (Å²) in [7, 11) is 0. The fraction of sp³-hybridized carbons (Fsp3) is 0.0714. The van der Waals surface area contributed by atoms with Gasteiger partial charge in [0.2, 0.25) is 0 Å². The summed E-state index contributed by atoms with van der Waals surface area (Å²) in [6.45, 7) is 0.285. The minimum absolute atomic E-state index is 0.230. The monoisotopic (exact) mass is 477 g/mol. The van der Waals surface area contributed by atoms with Crippen LogP contribution in [0.1, 0.15) is 38.0 Å². The maximum atomic E-state index is 11.1. The molecule has 1 atom stereocenters. The van der Waals surface area contributed by atoms with Gasteiger partial charge in [-0.3, -0.25) is 9.97 Å². The molecule has 0 saturated carbocycles. The second-order valence-corrected chi connectivity index (χ2v) is 8.81. The molecular weight excluding hydrogens is 458 g/mol. The summed E-state index contributed by atoms with van der Waals surface area (Å²) in [6.07, 6.45) is 3.12. The van der Waals surface area contributed by atoms with Crippen LogP contribution in [0.4, 0.5) is 0 Å². The summed E-state index contributed by atoms with van der Waals surface area (Å²) in [6, 6.07) is 24.5. The third-order valence-electron chi connectivity index (χ3n) is 5.72. The first-order valence-corrected chi connectivity index (χ1v) is 11.7. The Morgan fingerprint density at radius 3 is 2.63 bits per heavy atom. The molecule has 5 rings (SSSR count). The molecule has 1 unspecified atom stereocenters. The van der Waals surface area contributed by atoms with Crippen LogP contribution >= 0.6 is 11.3 Å². The van der Waals surface area contributed by atoms with Gasteiger partial charge >= 0.3 is 5.97 Å². The molecule has 0 fully saturated rings. The number of para-hydroxylation sites is 1. The van der Waals surface area contributed by atoms with Crippen LogP contribution in [0.3, 0.4) is 0 Å². The number of aromatic nitrogens is 2. The molecule has 0 bridgehead atoms. The minimum atomic E-state index is -0.965. The highest BCUT2D eigenvalue weighted by atomic mass is 32.1. The van der Waals surface area contributed by atoms with E-state index in [4.69, 9.17) is 9.84 Å². The zero-order valence-electron chi connectivity index (χ0n) is 18.5. The van der Waals surface area contributed by atoms with Crippen molar-refractivity contribution in [3.05, 3.63) is 118 Å². The van der Waals surface area contributed by atoms with E-state index in [2.05, 4.69) is 16.0 Å². The molecule has 0 aliphatic rings. The number of hydrogen-bond acceptors (Lipinski definition) is 6. The first-order valence-electron chi connectivity index (χ1n) is 10.8. The number of fused-ring (bicyclic) bond motifs is 1. The lowest BCUT2D eigenvalue weighted by molar-refractivity contribution is 0.0681. The van der Waals surface area contributed by atoms with Gasteiger partial charge in [-0.1, -0.05) is 42.5 Å². The summed E-state index contributed by atoms with van der Waals surface area (Å²) in [5, 5.41) is 20.0. The molecule has 5 aromatic rings. The molecule has 2 heterocycles. The SMILES string of the molecule is N#Cc1ccc(C(OCc2ccc(C(=O)O)cc2)c2cncs2)cc1-c1cccc2cccnc12. The molecule has 1 N–H and O–H groups in total. The Morgan fingerprint density at radius 2 is 1.89 bits per heavy atom. The second kappa shape index (κ2) is 9.85. The number of hydrogen-bond donors (Lipinski definition) is 1. The van der Waals surface area contributed by atoms with Crippen molar-refractivity contribution in [2.24, 2.45) is 0 Å². The molecule has 2 aromatic heterocycles. The number of thiazole rings is 1. The van der Waals surface area contributed by atoms with E-state index < -0.39 is 12.1 Å². The van der Waals surface area contributed by atoms with Crippen molar-refractivity contribution in [1.82, 2.24) is 9.97 Å². The molecule has 3 aromatic carbocycles. The Kier molecular flexibility index (Phi) is 6.31. The van der Waals surface area contributed by atoms with E-state index in [0.29, 0.717) is 5.56 Å². The minimum Gasteiger partial charge on any atom is -0.478 e. The molecule has 0 saturated heterocycles. The number of ether oxygens (including phenoxy) is 1. The third-order valence-corrected chi connectivity index (χ3v) is 6.54. The Balaban J connectivity index is 1.53. The average Bonchev–Trinajstić information content (AvgIpc) is 3.43. The fourth-order valence-electron chi connectivity index (χ4n) is 3.99. The highest BCUT2D eigenvalue weighted by molar-refractivity contribution is 7.09. The average molecular weight is 478 g/mol. The van der Waals surface area contributed by atoms with E-state index in [9.17, 15) is 10.1 Å². The number of nitrogens with zero attached hydrogens (tertiary/aromatic N) is 3. The van der Waals surface area contributed by atoms with E-state index >= 15 is 0 Å². The van der Waals surface area contributed by atoms with Crippen LogP contribution in [0.15, 0.2) is 90.7 Å². The maximum absolute atomic E-state index is 11.1. The van der Waals surface area contributed by atoms with Crippen molar-refractivity contribution in [3.8, 4) is 17.2 Å². The number of pyridine rings is 1. The zero-order chi connectivity index (χ0) is 24.2. The van der Waals surface area contributed by atoms with Crippen LogP contribution < -0.4 is 0 Å². The number of nitriles is 1. The molecule has 0 aliphatic heterocycles. The lowest BCUT2D eigenvalue weighted by Crippen LogP contribution is -2.06. The van der Waals surface area contributed by atoms with Crippen LogP contribution in [0, 0.1) is 11.3 Å². The molecule has 0 spiro atoms. The molecule has 35 heavy (non-hydrogen) atoms. The van der Waals surface area contributed by atoms with Crippen molar-refractivity contribution >= 4 is 28.2 Å². The molecule has 0 amide bonds. The van der Waals surface area contributed by atoms with Crippen molar-refractivity contribution in [2.75, 3.05) is 0 Å². The number of carboxylic acid groups (broad SMARTS) is 1. The molecule has 170 valence electrons. The number of rotatable bonds is 7. The van der Waals surface area contributed by atoms with E-state index in [1.807, 2.05) is 48.5 Å². The van der Waals surface area contributed by atoms with Gasteiger partial charge < -0.3 is 9.84 Å². The van der Waals surface area contributed by atoms with Crippen molar-refractivity contribution in [2.45, 2.75) is 12.7 Å². The first-order chi connectivity index (χ1) is 17.1. The molecule has 7 heteroatoms. The number of benzene rings is 3. The highest BCUT2D eigenvalue weighted by Crippen LogP contribution is 2.35. The van der Waals surface area contributed by atoms with Gasteiger partial charge in [-0.15, -0.1) is 11.3 Å². The third kappa shape index (κ3) is 4.66. The summed E-state index contributed by atoms with van der Waals surface area (Å²) in [4.78, 5) is 20.9. The van der Waals surface area contributed by atoms with Gasteiger partial charge in [0.05, 0.1) is 39.7 Å². The van der Waals surface area contributed by atoms with Crippen LogP contribution in [0.25, 0.3) is 22.0 Å². The number of carbonyl (C=O) groups is 1. The predicted molar refractivity (Wildman–Crippen MR) is 134 cm³/mol. The van der Waals surface area contributed by atoms with Crippen LogP contribution in [0.2, 0.25) is 0 Å². The standard InChI is InChI=1S/C28H19N3O3S/c29-14-22-11-10-21(13-24(22)23-5-1-3-19-4-2-12-31-26(19)23)27(25-15-30-17-35-25)34-16-18-6-8-20(9-7-18)28(32)33/h1-13,15,17,27H,16H2,(H,32,33). The topological polar surface area (TPSA) is 96.1 Å².